The highest BCUT2D eigenvalue weighted by molar-refractivity contribution is 6.11. The standard InChI is InChI=1S/C52H33N3O/c1-3-14-35(15-4-1)46-33-47(54-52(53-46)36-16-5-2-6-17-36)41-19-8-7-18-39(41)37-28-31-49-45(32-37)42-20-9-11-24-48(42)55(49)38-29-26-34(27-30-38)40-22-13-23-44-43-21-10-12-25-50(43)56-51(40)44/h1-33H. The minimum absolute atomic E-state index is 0.704. The van der Waals surface area contributed by atoms with Crippen LogP contribution in [0.5, 0.6) is 0 Å². The topological polar surface area (TPSA) is 43.9 Å². The summed E-state index contributed by atoms with van der Waals surface area (Å²) in [4.78, 5) is 10.2. The van der Waals surface area contributed by atoms with Crippen LogP contribution in [-0.4, -0.2) is 14.5 Å². The summed E-state index contributed by atoms with van der Waals surface area (Å²) in [7, 11) is 0. The number of fused-ring (bicyclic) bond motifs is 6. The molecule has 3 heterocycles. The zero-order valence-corrected chi connectivity index (χ0v) is 30.3. The van der Waals surface area contributed by atoms with Gasteiger partial charge < -0.3 is 8.98 Å². The van der Waals surface area contributed by atoms with Crippen molar-refractivity contribution in [2.75, 3.05) is 0 Å². The van der Waals surface area contributed by atoms with Crippen molar-refractivity contribution in [3.05, 3.63) is 200 Å². The normalized spacial score (nSPS) is 11.6. The first-order valence-corrected chi connectivity index (χ1v) is 18.9. The lowest BCUT2D eigenvalue weighted by molar-refractivity contribution is 0.670. The summed E-state index contributed by atoms with van der Waals surface area (Å²) in [6.45, 7) is 0. The first kappa shape index (κ1) is 31.9. The molecule has 4 heteroatoms. The minimum atomic E-state index is 0.704. The average molecular weight is 716 g/mol. The molecule has 0 N–H and O–H groups in total. The number of para-hydroxylation sites is 3. The quantitative estimate of drug-likeness (QED) is 0.172. The second-order valence-corrected chi connectivity index (χ2v) is 14.2. The van der Waals surface area contributed by atoms with Gasteiger partial charge in [0.1, 0.15) is 11.2 Å². The van der Waals surface area contributed by atoms with E-state index in [2.05, 4.69) is 168 Å². The Morgan fingerprint density at radius 1 is 0.357 bits per heavy atom. The molecule has 0 spiro atoms. The van der Waals surface area contributed by atoms with Crippen LogP contribution in [0.4, 0.5) is 0 Å². The maximum absolute atomic E-state index is 6.38. The Balaban J connectivity index is 1.03. The van der Waals surface area contributed by atoms with Gasteiger partial charge in [0.05, 0.1) is 22.4 Å². The Hall–Kier alpha value is -7.56. The van der Waals surface area contributed by atoms with E-state index in [0.29, 0.717) is 5.82 Å². The maximum atomic E-state index is 6.38. The Morgan fingerprint density at radius 3 is 1.79 bits per heavy atom. The van der Waals surface area contributed by atoms with Gasteiger partial charge in [-0.2, -0.15) is 0 Å². The molecule has 56 heavy (non-hydrogen) atoms. The number of nitrogens with zero attached hydrogens (tertiary/aromatic N) is 3. The Labute approximate surface area is 323 Å². The largest absolute Gasteiger partial charge is 0.455 e. The summed E-state index contributed by atoms with van der Waals surface area (Å²) < 4.78 is 8.75. The van der Waals surface area contributed by atoms with Gasteiger partial charge in [-0.05, 0) is 59.2 Å². The van der Waals surface area contributed by atoms with Crippen molar-refractivity contribution in [3.63, 3.8) is 0 Å². The van der Waals surface area contributed by atoms with Crippen LogP contribution < -0.4 is 0 Å². The van der Waals surface area contributed by atoms with Crippen LogP contribution in [0.25, 0.3) is 106 Å². The third kappa shape index (κ3) is 5.31. The van der Waals surface area contributed by atoms with Crippen LogP contribution in [0.2, 0.25) is 0 Å². The minimum Gasteiger partial charge on any atom is -0.455 e. The van der Waals surface area contributed by atoms with Gasteiger partial charge in [-0.15, -0.1) is 0 Å². The number of hydrogen-bond donors (Lipinski definition) is 0. The molecule has 11 rings (SSSR count). The summed E-state index contributed by atoms with van der Waals surface area (Å²) in [5.74, 6) is 0.704. The smallest absolute Gasteiger partial charge is 0.160 e. The molecular formula is C52H33N3O. The van der Waals surface area contributed by atoms with Crippen molar-refractivity contribution in [1.82, 2.24) is 14.5 Å². The molecular weight excluding hydrogens is 683 g/mol. The van der Waals surface area contributed by atoms with Crippen LogP contribution in [-0.2, 0) is 0 Å². The third-order valence-corrected chi connectivity index (χ3v) is 10.9. The Bertz CT molecular complexity index is 3170. The molecule has 0 aliphatic heterocycles. The second kappa shape index (κ2) is 13.1. The third-order valence-electron chi connectivity index (χ3n) is 10.9. The first-order valence-electron chi connectivity index (χ1n) is 18.9. The molecule has 4 nitrogen and oxygen atoms in total. The molecule has 0 aliphatic carbocycles. The van der Waals surface area contributed by atoms with Crippen LogP contribution in [0.1, 0.15) is 0 Å². The fourth-order valence-corrected chi connectivity index (χ4v) is 8.20. The van der Waals surface area contributed by atoms with Crippen molar-refractivity contribution in [3.8, 4) is 61.8 Å². The van der Waals surface area contributed by atoms with Gasteiger partial charge in [0.25, 0.3) is 0 Å². The predicted molar refractivity (Wildman–Crippen MR) is 231 cm³/mol. The monoisotopic (exact) mass is 715 g/mol. The van der Waals surface area contributed by atoms with Crippen molar-refractivity contribution < 1.29 is 4.42 Å². The molecule has 0 saturated carbocycles. The lowest BCUT2D eigenvalue weighted by Gasteiger charge is -2.13. The van der Waals surface area contributed by atoms with E-state index in [0.717, 1.165) is 89.0 Å². The van der Waals surface area contributed by atoms with E-state index >= 15 is 0 Å². The number of aromatic nitrogens is 3. The van der Waals surface area contributed by atoms with Crippen molar-refractivity contribution in [2.45, 2.75) is 0 Å². The highest BCUT2D eigenvalue weighted by atomic mass is 16.3. The molecule has 8 aromatic carbocycles. The lowest BCUT2D eigenvalue weighted by Crippen LogP contribution is -1.97. The van der Waals surface area contributed by atoms with E-state index in [1.165, 1.54) is 10.8 Å². The second-order valence-electron chi connectivity index (χ2n) is 14.2. The fourth-order valence-electron chi connectivity index (χ4n) is 8.20. The van der Waals surface area contributed by atoms with Crippen LogP contribution in [0.15, 0.2) is 205 Å². The Kier molecular flexibility index (Phi) is 7.46. The molecule has 0 amide bonds. The van der Waals surface area contributed by atoms with Gasteiger partial charge in [-0.25, -0.2) is 9.97 Å². The van der Waals surface area contributed by atoms with Crippen LogP contribution in [0.3, 0.4) is 0 Å². The van der Waals surface area contributed by atoms with Crippen molar-refractivity contribution in [1.29, 1.82) is 0 Å². The molecule has 0 aliphatic rings. The highest BCUT2D eigenvalue weighted by Gasteiger charge is 2.18. The van der Waals surface area contributed by atoms with Gasteiger partial charge in [-0.3, -0.25) is 0 Å². The number of hydrogen-bond acceptors (Lipinski definition) is 3. The number of benzene rings is 8. The summed E-state index contributed by atoms with van der Waals surface area (Å²) in [5, 5.41) is 4.67. The fraction of sp³-hybridized carbons (Fsp3) is 0. The maximum Gasteiger partial charge on any atom is 0.160 e. The summed E-state index contributed by atoms with van der Waals surface area (Å²) in [6.07, 6.45) is 0. The van der Waals surface area contributed by atoms with E-state index in [1.54, 1.807) is 0 Å². The van der Waals surface area contributed by atoms with Gasteiger partial charge in [-0.1, -0.05) is 158 Å². The molecule has 262 valence electrons. The summed E-state index contributed by atoms with van der Waals surface area (Å²) in [5.41, 5.74) is 14.6. The zero-order chi connectivity index (χ0) is 37.0. The van der Waals surface area contributed by atoms with Gasteiger partial charge in [0.2, 0.25) is 0 Å². The molecule has 0 atom stereocenters. The summed E-state index contributed by atoms with van der Waals surface area (Å²) in [6, 6.07) is 70.3. The van der Waals surface area contributed by atoms with E-state index in [9.17, 15) is 0 Å². The van der Waals surface area contributed by atoms with E-state index in [1.807, 2.05) is 36.4 Å². The van der Waals surface area contributed by atoms with Gasteiger partial charge >= 0.3 is 0 Å². The van der Waals surface area contributed by atoms with E-state index in [4.69, 9.17) is 14.4 Å². The van der Waals surface area contributed by atoms with Crippen LogP contribution >= 0.6 is 0 Å². The van der Waals surface area contributed by atoms with Gasteiger partial charge in [0.15, 0.2) is 5.82 Å². The van der Waals surface area contributed by atoms with Crippen molar-refractivity contribution in [2.24, 2.45) is 0 Å². The highest BCUT2D eigenvalue weighted by Crippen LogP contribution is 2.40. The predicted octanol–water partition coefficient (Wildman–Crippen LogP) is 13.8. The van der Waals surface area contributed by atoms with E-state index in [-0.39, 0.29) is 0 Å². The number of rotatable bonds is 6. The SMILES string of the molecule is c1ccc(-c2cc(-c3ccccc3-c3ccc4c(c3)c3ccccc3n4-c3ccc(-c4cccc5c4oc4ccccc45)cc3)nc(-c3ccccc3)n2)cc1. The van der Waals surface area contributed by atoms with Gasteiger partial charge in [0, 0.05) is 49.5 Å². The zero-order valence-electron chi connectivity index (χ0n) is 30.3. The molecule has 0 unspecified atom stereocenters. The first-order chi connectivity index (χ1) is 27.8. The molecule has 0 radical (unpaired) electrons. The van der Waals surface area contributed by atoms with E-state index < -0.39 is 0 Å². The molecule has 3 aromatic heterocycles. The Morgan fingerprint density at radius 2 is 0.964 bits per heavy atom. The lowest BCUT2D eigenvalue weighted by atomic mass is 9.95. The number of furan rings is 1. The average Bonchev–Trinajstić information content (AvgIpc) is 3.83. The van der Waals surface area contributed by atoms with Crippen molar-refractivity contribution >= 4 is 43.7 Å². The molecule has 0 fully saturated rings. The van der Waals surface area contributed by atoms with Crippen LogP contribution in [0, 0.1) is 0 Å². The summed E-state index contributed by atoms with van der Waals surface area (Å²) >= 11 is 0. The molecule has 11 aromatic rings. The molecule has 0 bridgehead atoms. The molecule has 0 saturated heterocycles.